The molecule has 5 aromatic rings. The van der Waals surface area contributed by atoms with Crippen LogP contribution in [0.1, 0.15) is 37.9 Å². The molecular formula is C19H17N11. The van der Waals surface area contributed by atoms with E-state index < -0.39 is 0 Å². The molecule has 4 aromatic heterocycles. The summed E-state index contributed by atoms with van der Waals surface area (Å²) in [6, 6.07) is 7.47. The van der Waals surface area contributed by atoms with Crippen molar-refractivity contribution in [2.24, 2.45) is 10.2 Å². The fraction of sp³-hybridized carbons (Fsp3) is 0.263. The van der Waals surface area contributed by atoms with Gasteiger partial charge in [-0.1, -0.05) is 20.8 Å². The van der Waals surface area contributed by atoms with Crippen LogP contribution >= 0.6 is 0 Å². The summed E-state index contributed by atoms with van der Waals surface area (Å²) in [5, 5.41) is 42.5. The molecule has 4 heterocycles. The number of aromatic amines is 1. The van der Waals surface area contributed by atoms with Crippen molar-refractivity contribution in [1.29, 1.82) is 5.26 Å². The van der Waals surface area contributed by atoms with Gasteiger partial charge in [-0.15, -0.1) is 15.3 Å². The predicted octanol–water partition coefficient (Wildman–Crippen LogP) is 3.54. The largest absolute Gasteiger partial charge is 0.258 e. The van der Waals surface area contributed by atoms with E-state index in [0.717, 1.165) is 11.5 Å². The summed E-state index contributed by atoms with van der Waals surface area (Å²) < 4.78 is 3.32. The molecule has 0 unspecified atom stereocenters. The molecule has 0 saturated heterocycles. The van der Waals surface area contributed by atoms with E-state index in [1.165, 1.54) is 6.20 Å². The normalized spacial score (nSPS) is 12.5. The number of azo groups is 1. The molecule has 0 fully saturated rings. The maximum absolute atomic E-state index is 9.20. The monoisotopic (exact) mass is 399 g/mol. The Morgan fingerprint density at radius 3 is 2.73 bits per heavy atom. The molecule has 0 atom stereocenters. The van der Waals surface area contributed by atoms with E-state index >= 15 is 0 Å². The van der Waals surface area contributed by atoms with Crippen LogP contribution in [0, 0.1) is 18.3 Å². The Morgan fingerprint density at radius 1 is 1.13 bits per heavy atom. The molecule has 11 nitrogen and oxygen atoms in total. The van der Waals surface area contributed by atoms with Gasteiger partial charge in [-0.3, -0.25) is 5.10 Å². The van der Waals surface area contributed by atoms with Crippen LogP contribution in [-0.4, -0.2) is 39.6 Å². The number of aromatic nitrogens is 8. The molecule has 0 bridgehead atoms. The van der Waals surface area contributed by atoms with Gasteiger partial charge in [-0.2, -0.15) is 30.2 Å². The number of nitrogens with zero attached hydrogens (tertiary/aromatic N) is 10. The van der Waals surface area contributed by atoms with Crippen LogP contribution in [0.25, 0.3) is 22.3 Å². The number of H-pyrrole nitrogens is 1. The fourth-order valence-electron chi connectivity index (χ4n) is 3.26. The first-order chi connectivity index (χ1) is 14.4. The van der Waals surface area contributed by atoms with Crippen molar-refractivity contribution in [3.05, 3.63) is 41.5 Å². The number of fused-ring (bicyclic) bond motifs is 4. The Kier molecular flexibility index (Phi) is 3.66. The Labute approximate surface area is 170 Å². The topological polar surface area (TPSA) is 138 Å². The zero-order valence-electron chi connectivity index (χ0n) is 16.8. The molecule has 1 aromatic carbocycles. The van der Waals surface area contributed by atoms with E-state index in [-0.39, 0.29) is 5.41 Å². The molecule has 0 aliphatic heterocycles. The average Bonchev–Trinajstić information content (AvgIpc) is 3.40. The SMILES string of the molecule is Cc1n[nH]c2c(/N=N/c3ccc4nnc5c(C#N)cnn5c4c3)c(C(C)(C)C)nn12. The Bertz CT molecular complexity index is 1500. The molecule has 5 rings (SSSR count). The zero-order valence-corrected chi connectivity index (χ0v) is 16.8. The van der Waals surface area contributed by atoms with Gasteiger partial charge < -0.3 is 0 Å². The first-order valence-electron chi connectivity index (χ1n) is 9.27. The molecule has 0 amide bonds. The minimum absolute atomic E-state index is 0.221. The number of aryl methyl sites for hydroxylation is 1. The highest BCUT2D eigenvalue weighted by Gasteiger charge is 2.26. The number of nitriles is 1. The van der Waals surface area contributed by atoms with Crippen molar-refractivity contribution in [1.82, 2.24) is 39.6 Å². The van der Waals surface area contributed by atoms with Gasteiger partial charge in [-0.25, -0.2) is 4.52 Å². The lowest BCUT2D eigenvalue weighted by molar-refractivity contribution is 0.561. The molecule has 11 heteroatoms. The molecule has 30 heavy (non-hydrogen) atoms. The lowest BCUT2D eigenvalue weighted by Gasteiger charge is -2.15. The summed E-state index contributed by atoms with van der Waals surface area (Å²) >= 11 is 0. The lowest BCUT2D eigenvalue weighted by Crippen LogP contribution is -2.12. The maximum atomic E-state index is 9.20. The Balaban J connectivity index is 1.65. The lowest BCUT2D eigenvalue weighted by atomic mass is 9.91. The van der Waals surface area contributed by atoms with Crippen molar-refractivity contribution in [2.75, 3.05) is 0 Å². The van der Waals surface area contributed by atoms with Crippen molar-refractivity contribution in [2.45, 2.75) is 33.1 Å². The summed E-state index contributed by atoms with van der Waals surface area (Å²) in [6.45, 7) is 8.10. The quantitative estimate of drug-likeness (QED) is 0.451. The molecule has 0 aliphatic carbocycles. The first kappa shape index (κ1) is 17.9. The maximum Gasteiger partial charge on any atom is 0.195 e. The minimum atomic E-state index is -0.221. The smallest absolute Gasteiger partial charge is 0.195 e. The third-order valence-corrected chi connectivity index (χ3v) is 4.77. The number of nitrogens with one attached hydrogen (secondary N) is 1. The van der Waals surface area contributed by atoms with E-state index in [0.29, 0.717) is 39.3 Å². The van der Waals surface area contributed by atoms with Gasteiger partial charge in [0.25, 0.3) is 0 Å². The van der Waals surface area contributed by atoms with Crippen molar-refractivity contribution >= 4 is 33.7 Å². The second-order valence-electron chi connectivity index (χ2n) is 7.96. The predicted molar refractivity (Wildman–Crippen MR) is 108 cm³/mol. The van der Waals surface area contributed by atoms with E-state index in [2.05, 4.69) is 67.7 Å². The zero-order chi connectivity index (χ0) is 21.0. The third-order valence-electron chi connectivity index (χ3n) is 4.77. The summed E-state index contributed by atoms with van der Waals surface area (Å²) in [5.74, 6) is 0.746. The molecule has 0 radical (unpaired) electrons. The van der Waals surface area contributed by atoms with Crippen LogP contribution in [0.2, 0.25) is 0 Å². The van der Waals surface area contributed by atoms with Gasteiger partial charge in [0.2, 0.25) is 0 Å². The van der Waals surface area contributed by atoms with Gasteiger partial charge in [-0.05, 0) is 25.1 Å². The number of hydrogen-bond donors (Lipinski definition) is 1. The van der Waals surface area contributed by atoms with E-state index in [4.69, 9.17) is 0 Å². The van der Waals surface area contributed by atoms with Gasteiger partial charge in [0, 0.05) is 5.41 Å². The molecule has 148 valence electrons. The van der Waals surface area contributed by atoms with Crippen molar-refractivity contribution in [3.8, 4) is 6.07 Å². The summed E-state index contributed by atoms with van der Waals surface area (Å²) in [5.41, 5.74) is 4.65. The van der Waals surface area contributed by atoms with Crippen LogP contribution in [-0.2, 0) is 5.41 Å². The molecule has 0 saturated carbocycles. The highest BCUT2D eigenvalue weighted by atomic mass is 15.4. The second-order valence-corrected chi connectivity index (χ2v) is 7.96. The molecule has 1 N–H and O–H groups in total. The number of rotatable bonds is 2. The Hall–Kier alpha value is -4.20. The number of benzene rings is 1. The highest BCUT2D eigenvalue weighted by Crippen LogP contribution is 2.35. The average molecular weight is 399 g/mol. The van der Waals surface area contributed by atoms with Gasteiger partial charge in [0.15, 0.2) is 17.0 Å². The van der Waals surface area contributed by atoms with Crippen molar-refractivity contribution < 1.29 is 0 Å². The Morgan fingerprint density at radius 2 is 1.97 bits per heavy atom. The van der Waals surface area contributed by atoms with Gasteiger partial charge in [0.05, 0.1) is 23.1 Å². The van der Waals surface area contributed by atoms with Crippen molar-refractivity contribution in [3.63, 3.8) is 0 Å². The standard InChI is InChI=1S/C19H17N11/c1-10-22-27-18-15(16(19(2,3)4)28-29(10)18)25-23-12-5-6-13-14(7-12)30-17(26-24-13)11(8-20)9-21-30/h5-7,9,27H,1-4H3/b25-23+. The third kappa shape index (κ3) is 2.61. The number of hydrogen-bond acceptors (Lipinski definition) is 8. The van der Waals surface area contributed by atoms with Gasteiger partial charge >= 0.3 is 0 Å². The van der Waals surface area contributed by atoms with Crippen LogP contribution in [0.5, 0.6) is 0 Å². The van der Waals surface area contributed by atoms with Gasteiger partial charge in [0.1, 0.15) is 23.0 Å². The summed E-state index contributed by atoms with van der Waals surface area (Å²) in [7, 11) is 0. The summed E-state index contributed by atoms with van der Waals surface area (Å²) in [6.07, 6.45) is 1.47. The van der Waals surface area contributed by atoms with E-state index in [1.807, 2.05) is 13.0 Å². The van der Waals surface area contributed by atoms with Crippen LogP contribution < -0.4 is 0 Å². The summed E-state index contributed by atoms with van der Waals surface area (Å²) in [4.78, 5) is 0. The minimum Gasteiger partial charge on any atom is -0.258 e. The van der Waals surface area contributed by atoms with Crippen LogP contribution in [0.15, 0.2) is 34.6 Å². The van der Waals surface area contributed by atoms with Crippen LogP contribution in [0.3, 0.4) is 0 Å². The van der Waals surface area contributed by atoms with Crippen LogP contribution in [0.4, 0.5) is 11.4 Å². The first-order valence-corrected chi connectivity index (χ1v) is 9.27. The second kappa shape index (κ2) is 6.15. The van der Waals surface area contributed by atoms with E-state index in [9.17, 15) is 5.26 Å². The highest BCUT2D eigenvalue weighted by molar-refractivity contribution is 5.80. The van der Waals surface area contributed by atoms with E-state index in [1.54, 1.807) is 21.2 Å². The fourth-order valence-corrected chi connectivity index (χ4v) is 3.26. The molecular weight excluding hydrogens is 382 g/mol. The molecule has 0 spiro atoms. The molecule has 0 aliphatic rings.